The van der Waals surface area contributed by atoms with Gasteiger partial charge in [0.2, 0.25) is 10.0 Å². The first-order valence-corrected chi connectivity index (χ1v) is 7.68. The summed E-state index contributed by atoms with van der Waals surface area (Å²) in [4.78, 5) is 10.9. The van der Waals surface area contributed by atoms with Crippen molar-refractivity contribution in [2.24, 2.45) is 5.92 Å². The lowest BCUT2D eigenvalue weighted by Crippen LogP contribution is -2.44. The predicted octanol–water partition coefficient (Wildman–Crippen LogP) is 1.91. The normalized spacial score (nSPS) is 14.8. The number of benzene rings is 1. The van der Waals surface area contributed by atoms with Crippen molar-refractivity contribution in [2.75, 3.05) is 0 Å². The number of hydrogen-bond donors (Lipinski definition) is 2. The topological polar surface area (TPSA) is 83.5 Å². The zero-order valence-corrected chi connectivity index (χ0v) is 12.4. The van der Waals surface area contributed by atoms with Gasteiger partial charge < -0.3 is 5.11 Å². The van der Waals surface area contributed by atoms with Gasteiger partial charge in [0, 0.05) is 0 Å². The molecule has 0 saturated heterocycles. The molecule has 0 aliphatic heterocycles. The molecule has 0 radical (unpaired) electrons. The van der Waals surface area contributed by atoms with Crippen LogP contribution in [0, 0.1) is 18.7 Å². The van der Waals surface area contributed by atoms with Crippen LogP contribution in [0.15, 0.2) is 23.1 Å². The zero-order chi connectivity index (χ0) is 15.5. The molecule has 0 aliphatic rings. The van der Waals surface area contributed by atoms with Crippen molar-refractivity contribution >= 4 is 16.0 Å². The van der Waals surface area contributed by atoms with Crippen LogP contribution in [0.4, 0.5) is 4.39 Å². The maximum atomic E-state index is 13.3. The number of carboxylic acids is 1. The molecule has 0 bridgehead atoms. The van der Waals surface area contributed by atoms with Crippen molar-refractivity contribution in [3.8, 4) is 0 Å². The number of rotatable bonds is 6. The van der Waals surface area contributed by atoms with Crippen LogP contribution < -0.4 is 4.72 Å². The summed E-state index contributed by atoms with van der Waals surface area (Å²) in [6.45, 7) is 4.96. The third kappa shape index (κ3) is 4.01. The van der Waals surface area contributed by atoms with Crippen LogP contribution in [0.1, 0.15) is 25.8 Å². The van der Waals surface area contributed by atoms with E-state index in [9.17, 15) is 17.6 Å². The molecule has 0 aliphatic carbocycles. The SMILES string of the molecule is CCC(C)C(NS(=O)(=O)c1cc(C)cc(F)c1)C(=O)O. The first kappa shape index (κ1) is 16.6. The van der Waals surface area contributed by atoms with E-state index < -0.39 is 27.9 Å². The maximum Gasteiger partial charge on any atom is 0.322 e. The molecule has 0 aromatic heterocycles. The van der Waals surface area contributed by atoms with Crippen molar-refractivity contribution in [2.45, 2.75) is 38.1 Å². The summed E-state index contributed by atoms with van der Waals surface area (Å²) in [6, 6.07) is 2.11. The van der Waals surface area contributed by atoms with Gasteiger partial charge in [-0.05, 0) is 36.6 Å². The molecule has 2 N–H and O–H groups in total. The monoisotopic (exact) mass is 303 g/mol. The number of carbonyl (C=O) groups is 1. The Bertz CT molecular complexity index is 580. The highest BCUT2D eigenvalue weighted by atomic mass is 32.2. The molecule has 2 atom stereocenters. The minimum absolute atomic E-state index is 0.274. The number of hydrogen-bond acceptors (Lipinski definition) is 3. The minimum atomic E-state index is -4.08. The summed E-state index contributed by atoms with van der Waals surface area (Å²) in [5.41, 5.74) is 0.445. The first-order chi connectivity index (χ1) is 9.17. The average molecular weight is 303 g/mol. The molecule has 1 rings (SSSR count). The Morgan fingerprint density at radius 2 is 2.00 bits per heavy atom. The molecule has 0 fully saturated rings. The van der Waals surface area contributed by atoms with Gasteiger partial charge in [-0.2, -0.15) is 4.72 Å². The van der Waals surface area contributed by atoms with Gasteiger partial charge in [0.25, 0.3) is 0 Å². The summed E-state index contributed by atoms with van der Waals surface area (Å²) < 4.78 is 39.7. The van der Waals surface area contributed by atoms with Crippen molar-refractivity contribution in [1.82, 2.24) is 4.72 Å². The minimum Gasteiger partial charge on any atom is -0.480 e. The summed E-state index contributed by atoms with van der Waals surface area (Å²) >= 11 is 0. The summed E-state index contributed by atoms with van der Waals surface area (Å²) in [5, 5.41) is 9.09. The Balaban J connectivity index is 3.13. The lowest BCUT2D eigenvalue weighted by molar-refractivity contribution is -0.140. The molecule has 0 spiro atoms. The summed E-state index contributed by atoms with van der Waals surface area (Å²) in [5.74, 6) is -2.31. The highest BCUT2D eigenvalue weighted by molar-refractivity contribution is 7.89. The van der Waals surface area contributed by atoms with Crippen LogP contribution in [0.3, 0.4) is 0 Å². The van der Waals surface area contributed by atoms with Crippen LogP contribution >= 0.6 is 0 Å². The van der Waals surface area contributed by atoms with E-state index in [4.69, 9.17) is 5.11 Å². The van der Waals surface area contributed by atoms with Crippen molar-refractivity contribution in [3.05, 3.63) is 29.6 Å². The fourth-order valence-corrected chi connectivity index (χ4v) is 3.15. The fraction of sp³-hybridized carbons (Fsp3) is 0.462. The predicted molar refractivity (Wildman–Crippen MR) is 72.3 cm³/mol. The van der Waals surface area contributed by atoms with E-state index in [-0.39, 0.29) is 10.8 Å². The molecule has 1 aromatic carbocycles. The van der Waals surface area contributed by atoms with E-state index in [1.54, 1.807) is 20.8 Å². The van der Waals surface area contributed by atoms with Gasteiger partial charge in [0.15, 0.2) is 0 Å². The molecule has 2 unspecified atom stereocenters. The van der Waals surface area contributed by atoms with Gasteiger partial charge >= 0.3 is 5.97 Å². The van der Waals surface area contributed by atoms with Gasteiger partial charge in [0.1, 0.15) is 11.9 Å². The van der Waals surface area contributed by atoms with E-state index >= 15 is 0 Å². The second-order valence-corrected chi connectivity index (χ2v) is 6.50. The van der Waals surface area contributed by atoms with Crippen LogP contribution in [0.5, 0.6) is 0 Å². The number of halogens is 1. The van der Waals surface area contributed by atoms with E-state index in [0.29, 0.717) is 12.0 Å². The fourth-order valence-electron chi connectivity index (χ4n) is 1.74. The average Bonchev–Trinajstić information content (AvgIpc) is 2.33. The van der Waals surface area contributed by atoms with E-state index in [1.165, 1.54) is 12.1 Å². The number of aliphatic carboxylic acids is 1. The largest absolute Gasteiger partial charge is 0.480 e. The lowest BCUT2D eigenvalue weighted by atomic mass is 10.0. The van der Waals surface area contributed by atoms with Gasteiger partial charge in [-0.15, -0.1) is 0 Å². The Morgan fingerprint density at radius 3 is 2.45 bits per heavy atom. The van der Waals surface area contributed by atoms with Crippen molar-refractivity contribution in [1.29, 1.82) is 0 Å². The molecule has 0 amide bonds. The summed E-state index contributed by atoms with van der Waals surface area (Å²) in [6.07, 6.45) is 0.502. The number of sulfonamides is 1. The molecule has 0 saturated carbocycles. The smallest absolute Gasteiger partial charge is 0.322 e. The lowest BCUT2D eigenvalue weighted by Gasteiger charge is -2.20. The Hall–Kier alpha value is -1.47. The second kappa shape index (κ2) is 6.32. The van der Waals surface area contributed by atoms with Gasteiger partial charge in [-0.3, -0.25) is 4.79 Å². The molecule has 20 heavy (non-hydrogen) atoms. The molecule has 5 nitrogen and oxygen atoms in total. The third-order valence-corrected chi connectivity index (χ3v) is 4.51. The molecular weight excluding hydrogens is 285 g/mol. The zero-order valence-electron chi connectivity index (χ0n) is 11.6. The van der Waals surface area contributed by atoms with Gasteiger partial charge in [-0.1, -0.05) is 20.3 Å². The Morgan fingerprint density at radius 1 is 1.40 bits per heavy atom. The van der Waals surface area contributed by atoms with Crippen molar-refractivity contribution in [3.63, 3.8) is 0 Å². The maximum absolute atomic E-state index is 13.3. The Kier molecular flexibility index (Phi) is 5.24. The van der Waals surface area contributed by atoms with Crippen molar-refractivity contribution < 1.29 is 22.7 Å². The first-order valence-electron chi connectivity index (χ1n) is 6.19. The van der Waals surface area contributed by atoms with Gasteiger partial charge in [0.05, 0.1) is 4.90 Å². The Labute approximate surface area is 117 Å². The summed E-state index contributed by atoms with van der Waals surface area (Å²) in [7, 11) is -4.08. The van der Waals surface area contributed by atoms with Gasteiger partial charge in [-0.25, -0.2) is 12.8 Å². The molecular formula is C13H18FNO4S. The van der Waals surface area contributed by atoms with Crippen LogP contribution in [-0.2, 0) is 14.8 Å². The van der Waals surface area contributed by atoms with E-state index in [0.717, 1.165) is 6.07 Å². The number of nitrogens with one attached hydrogen (secondary N) is 1. The highest BCUT2D eigenvalue weighted by Gasteiger charge is 2.29. The standard InChI is InChI=1S/C13H18FNO4S/c1-4-9(3)12(13(16)17)15-20(18,19)11-6-8(2)5-10(14)7-11/h5-7,9,12,15H,4H2,1-3H3,(H,16,17). The number of aryl methyl sites for hydroxylation is 1. The number of carboxylic acid groups (broad SMARTS) is 1. The molecule has 0 heterocycles. The van der Waals surface area contributed by atoms with Crippen LogP contribution in [0.2, 0.25) is 0 Å². The molecule has 1 aromatic rings. The second-order valence-electron chi connectivity index (χ2n) is 4.79. The molecule has 112 valence electrons. The van der Waals surface area contributed by atoms with Crippen LogP contribution in [0.25, 0.3) is 0 Å². The highest BCUT2D eigenvalue weighted by Crippen LogP contribution is 2.16. The third-order valence-electron chi connectivity index (χ3n) is 3.09. The van der Waals surface area contributed by atoms with Crippen LogP contribution in [-0.4, -0.2) is 25.5 Å². The quantitative estimate of drug-likeness (QED) is 0.841. The van der Waals surface area contributed by atoms with E-state index in [2.05, 4.69) is 4.72 Å². The molecule has 7 heteroatoms. The van der Waals surface area contributed by atoms with E-state index in [1.807, 2.05) is 0 Å².